The molecule has 1 saturated heterocycles. The third-order valence-corrected chi connectivity index (χ3v) is 6.75. The Labute approximate surface area is 197 Å². The van der Waals surface area contributed by atoms with Gasteiger partial charge in [0.05, 0.1) is 29.5 Å². The molecule has 34 heavy (non-hydrogen) atoms. The SMILES string of the molecule is N#Cc1ccc(N2C(=O)C3(CCC3)N(c3ccc4c(c3)OC[C@@H](CO)O4)C2=S)cc1C(F)(F)F. The first-order chi connectivity index (χ1) is 16.2. The van der Waals surface area contributed by atoms with Crippen molar-refractivity contribution in [2.24, 2.45) is 0 Å². The fourth-order valence-corrected chi connectivity index (χ4v) is 5.01. The van der Waals surface area contributed by atoms with Crippen LogP contribution in [0.1, 0.15) is 30.4 Å². The molecular formula is C23H18F3N3O4S. The van der Waals surface area contributed by atoms with Gasteiger partial charge in [-0.3, -0.25) is 9.69 Å². The van der Waals surface area contributed by atoms with Crippen molar-refractivity contribution in [3.05, 3.63) is 47.5 Å². The molecule has 1 spiro atoms. The van der Waals surface area contributed by atoms with Crippen molar-refractivity contribution in [2.45, 2.75) is 37.1 Å². The van der Waals surface area contributed by atoms with Crippen molar-refractivity contribution in [2.75, 3.05) is 23.0 Å². The van der Waals surface area contributed by atoms with Crippen molar-refractivity contribution >= 4 is 34.6 Å². The molecule has 176 valence electrons. The predicted octanol–water partition coefficient (Wildman–Crippen LogP) is 3.77. The molecule has 1 N–H and O–H groups in total. The lowest BCUT2D eigenvalue weighted by Crippen LogP contribution is -2.55. The second-order valence-corrected chi connectivity index (χ2v) is 8.71. The quantitative estimate of drug-likeness (QED) is 0.657. The zero-order valence-corrected chi connectivity index (χ0v) is 18.4. The van der Waals surface area contributed by atoms with Gasteiger partial charge in [-0.1, -0.05) is 0 Å². The van der Waals surface area contributed by atoms with Crippen LogP contribution in [-0.4, -0.2) is 41.0 Å². The number of fused-ring (bicyclic) bond motifs is 1. The maximum Gasteiger partial charge on any atom is 0.417 e. The molecule has 2 fully saturated rings. The van der Waals surface area contributed by atoms with Crippen LogP contribution in [0.25, 0.3) is 0 Å². The van der Waals surface area contributed by atoms with Gasteiger partial charge < -0.3 is 19.5 Å². The number of carbonyl (C=O) groups is 1. The molecule has 0 radical (unpaired) electrons. The first kappa shape index (κ1) is 22.4. The fraction of sp³-hybridized carbons (Fsp3) is 0.348. The molecule has 5 rings (SSSR count). The van der Waals surface area contributed by atoms with Crippen LogP contribution < -0.4 is 19.3 Å². The topological polar surface area (TPSA) is 86.0 Å². The molecule has 7 nitrogen and oxygen atoms in total. The average molecular weight is 489 g/mol. The van der Waals surface area contributed by atoms with E-state index < -0.39 is 34.9 Å². The number of ether oxygens (including phenoxy) is 2. The van der Waals surface area contributed by atoms with Gasteiger partial charge in [-0.25, -0.2) is 0 Å². The van der Waals surface area contributed by atoms with Gasteiger partial charge in [0.15, 0.2) is 22.7 Å². The number of carbonyl (C=O) groups excluding carboxylic acids is 1. The van der Waals surface area contributed by atoms with E-state index in [0.717, 1.165) is 23.5 Å². The molecule has 2 aliphatic heterocycles. The van der Waals surface area contributed by atoms with Gasteiger partial charge in [0.1, 0.15) is 12.1 Å². The standard InChI is InChI=1S/C23H18F3N3O4S/c24-23(25,26)17-8-14(3-2-13(17)10-27)28-20(31)22(6-1-7-22)29(21(28)34)15-4-5-18-19(9-15)32-12-16(11-30)33-18/h2-5,8-9,16,30H,1,6-7,11-12H2/t16-/m1/s1. The molecule has 1 saturated carbocycles. The van der Waals surface area contributed by atoms with Crippen LogP contribution in [0.2, 0.25) is 0 Å². The van der Waals surface area contributed by atoms with E-state index in [2.05, 4.69) is 0 Å². The Morgan fingerprint density at radius 1 is 1.18 bits per heavy atom. The minimum Gasteiger partial charge on any atom is -0.486 e. The van der Waals surface area contributed by atoms with Crippen molar-refractivity contribution in [1.29, 1.82) is 5.26 Å². The molecule has 2 aromatic rings. The molecule has 0 unspecified atom stereocenters. The Hall–Kier alpha value is -3.36. The number of aliphatic hydroxyl groups excluding tert-OH is 1. The van der Waals surface area contributed by atoms with Crippen LogP contribution in [0.3, 0.4) is 0 Å². The molecule has 2 aromatic carbocycles. The number of anilines is 2. The smallest absolute Gasteiger partial charge is 0.417 e. The second kappa shape index (κ2) is 7.85. The molecule has 11 heteroatoms. The normalized spacial score (nSPS) is 21.0. The first-order valence-corrected chi connectivity index (χ1v) is 10.9. The molecule has 0 bridgehead atoms. The van der Waals surface area contributed by atoms with Crippen LogP contribution in [0.5, 0.6) is 11.5 Å². The van der Waals surface area contributed by atoms with Gasteiger partial charge in [-0.2, -0.15) is 18.4 Å². The number of hydrogen-bond donors (Lipinski definition) is 1. The minimum absolute atomic E-state index is 0.0431. The number of amides is 1. The van der Waals surface area contributed by atoms with Crippen LogP contribution in [0.4, 0.5) is 24.5 Å². The molecule has 2 heterocycles. The summed E-state index contributed by atoms with van der Waals surface area (Å²) in [4.78, 5) is 16.3. The van der Waals surface area contributed by atoms with E-state index in [1.807, 2.05) is 0 Å². The third kappa shape index (κ3) is 3.28. The Morgan fingerprint density at radius 2 is 1.91 bits per heavy atom. The summed E-state index contributed by atoms with van der Waals surface area (Å²) in [7, 11) is 0. The maximum absolute atomic E-state index is 13.6. The molecular weight excluding hydrogens is 471 g/mol. The monoisotopic (exact) mass is 489 g/mol. The number of alkyl halides is 3. The number of nitrogens with zero attached hydrogens (tertiary/aromatic N) is 3. The van der Waals surface area contributed by atoms with Gasteiger partial charge >= 0.3 is 6.18 Å². The van der Waals surface area contributed by atoms with Crippen molar-refractivity contribution in [3.8, 4) is 17.6 Å². The number of benzene rings is 2. The largest absolute Gasteiger partial charge is 0.486 e. The third-order valence-electron chi connectivity index (χ3n) is 6.39. The van der Waals surface area contributed by atoms with Gasteiger partial charge in [0.25, 0.3) is 5.91 Å². The summed E-state index contributed by atoms with van der Waals surface area (Å²) in [5.41, 5.74) is -2.15. The molecule has 1 atom stereocenters. The van der Waals surface area contributed by atoms with E-state index in [-0.39, 0.29) is 24.0 Å². The summed E-state index contributed by atoms with van der Waals surface area (Å²) >= 11 is 5.62. The lowest BCUT2D eigenvalue weighted by atomic mass is 9.75. The van der Waals surface area contributed by atoms with Crippen LogP contribution in [0.15, 0.2) is 36.4 Å². The zero-order valence-electron chi connectivity index (χ0n) is 17.6. The Bertz CT molecular complexity index is 1240. The molecule has 1 aliphatic carbocycles. The highest BCUT2D eigenvalue weighted by molar-refractivity contribution is 7.81. The first-order valence-electron chi connectivity index (χ1n) is 10.5. The van der Waals surface area contributed by atoms with E-state index in [1.54, 1.807) is 29.2 Å². The number of nitriles is 1. The summed E-state index contributed by atoms with van der Waals surface area (Å²) < 4.78 is 52.0. The van der Waals surface area contributed by atoms with Gasteiger partial charge in [0, 0.05) is 11.8 Å². The van der Waals surface area contributed by atoms with E-state index in [9.17, 15) is 23.1 Å². The summed E-state index contributed by atoms with van der Waals surface area (Å²) in [5, 5.41) is 18.4. The minimum atomic E-state index is -4.76. The Kier molecular flexibility index (Phi) is 5.18. The summed E-state index contributed by atoms with van der Waals surface area (Å²) in [5.74, 6) is 0.451. The Balaban J connectivity index is 1.55. The molecule has 0 aromatic heterocycles. The van der Waals surface area contributed by atoms with Gasteiger partial charge in [-0.15, -0.1) is 0 Å². The summed E-state index contributed by atoms with van der Waals surface area (Å²) in [6, 6.07) is 9.70. The van der Waals surface area contributed by atoms with E-state index >= 15 is 0 Å². The van der Waals surface area contributed by atoms with Crippen molar-refractivity contribution < 1.29 is 32.5 Å². The number of rotatable bonds is 3. The highest BCUT2D eigenvalue weighted by Gasteiger charge is 2.59. The predicted molar refractivity (Wildman–Crippen MR) is 119 cm³/mol. The lowest BCUT2D eigenvalue weighted by molar-refractivity contribution is -0.137. The van der Waals surface area contributed by atoms with E-state index in [0.29, 0.717) is 30.0 Å². The summed E-state index contributed by atoms with van der Waals surface area (Å²) in [6.45, 7) is -0.0481. The second-order valence-electron chi connectivity index (χ2n) is 8.35. The van der Waals surface area contributed by atoms with E-state index in [1.165, 1.54) is 6.07 Å². The molecule has 1 amide bonds. The number of hydrogen-bond acceptors (Lipinski definition) is 6. The number of thiocarbonyl (C=S) groups is 1. The lowest BCUT2D eigenvalue weighted by Gasteiger charge is -2.43. The van der Waals surface area contributed by atoms with Crippen LogP contribution in [-0.2, 0) is 11.0 Å². The van der Waals surface area contributed by atoms with E-state index in [4.69, 9.17) is 27.0 Å². The molecule has 3 aliphatic rings. The van der Waals surface area contributed by atoms with Gasteiger partial charge in [0.2, 0.25) is 0 Å². The number of halogens is 3. The van der Waals surface area contributed by atoms with Crippen molar-refractivity contribution in [3.63, 3.8) is 0 Å². The number of aliphatic hydroxyl groups is 1. The maximum atomic E-state index is 13.6. The highest BCUT2D eigenvalue weighted by Crippen LogP contribution is 2.49. The highest BCUT2D eigenvalue weighted by atomic mass is 32.1. The Morgan fingerprint density at radius 3 is 2.53 bits per heavy atom. The summed E-state index contributed by atoms with van der Waals surface area (Å²) in [6.07, 6.45) is -3.50. The van der Waals surface area contributed by atoms with Crippen LogP contribution in [0, 0.1) is 11.3 Å². The van der Waals surface area contributed by atoms with Gasteiger partial charge in [-0.05, 0) is 61.8 Å². The zero-order chi connectivity index (χ0) is 24.3. The van der Waals surface area contributed by atoms with Crippen molar-refractivity contribution in [1.82, 2.24) is 0 Å². The van der Waals surface area contributed by atoms with Crippen LogP contribution >= 0.6 is 12.2 Å². The fourth-order valence-electron chi connectivity index (χ4n) is 4.54. The average Bonchev–Trinajstić information content (AvgIpc) is 3.04.